The lowest BCUT2D eigenvalue weighted by Crippen LogP contribution is -2.39. The predicted octanol–water partition coefficient (Wildman–Crippen LogP) is 1.83. The molecule has 1 fully saturated rings. The van der Waals surface area contributed by atoms with E-state index in [0.29, 0.717) is 5.92 Å². The van der Waals surface area contributed by atoms with Crippen molar-refractivity contribution in [2.24, 2.45) is 5.92 Å². The van der Waals surface area contributed by atoms with Gasteiger partial charge < -0.3 is 15.2 Å². The summed E-state index contributed by atoms with van der Waals surface area (Å²) in [7, 11) is 0. The van der Waals surface area contributed by atoms with Gasteiger partial charge in [0.05, 0.1) is 0 Å². The van der Waals surface area contributed by atoms with Crippen molar-refractivity contribution >= 4 is 11.8 Å². The zero-order valence-electron chi connectivity index (χ0n) is 15.1. The highest BCUT2D eigenvalue weighted by Gasteiger charge is 2.28. The standard InChI is InChI=1S/C20H22FN3O3/c1-13(15-6-7-15)23-18(25)12-24-10-2-3-17(20(24)27)19(26)22-11-14-4-8-16(21)9-5-14/h2-5,8-10,13,15H,6-7,11-12H2,1H3,(H,22,26)(H,23,25)/t13-/m0/s1. The normalized spacial score (nSPS) is 14.4. The molecule has 1 saturated carbocycles. The Balaban J connectivity index is 1.62. The van der Waals surface area contributed by atoms with Gasteiger partial charge in [0.15, 0.2) is 0 Å². The van der Waals surface area contributed by atoms with E-state index in [9.17, 15) is 18.8 Å². The van der Waals surface area contributed by atoms with Gasteiger partial charge in [0.2, 0.25) is 5.91 Å². The van der Waals surface area contributed by atoms with Crippen molar-refractivity contribution in [2.75, 3.05) is 0 Å². The Hall–Kier alpha value is -2.96. The molecule has 1 aromatic heterocycles. The Kier molecular flexibility index (Phi) is 5.69. The van der Waals surface area contributed by atoms with Crippen LogP contribution in [0.4, 0.5) is 4.39 Å². The second-order valence-corrected chi connectivity index (χ2v) is 6.86. The number of nitrogens with zero attached hydrogens (tertiary/aromatic N) is 1. The van der Waals surface area contributed by atoms with Crippen molar-refractivity contribution in [3.63, 3.8) is 0 Å². The summed E-state index contributed by atoms with van der Waals surface area (Å²) in [6.07, 6.45) is 3.72. The van der Waals surface area contributed by atoms with Crippen molar-refractivity contribution in [1.29, 1.82) is 0 Å². The molecule has 3 rings (SSSR count). The van der Waals surface area contributed by atoms with E-state index in [2.05, 4.69) is 10.6 Å². The average Bonchev–Trinajstić information content (AvgIpc) is 3.48. The number of pyridine rings is 1. The van der Waals surface area contributed by atoms with Gasteiger partial charge >= 0.3 is 0 Å². The fraction of sp³-hybridized carbons (Fsp3) is 0.350. The Labute approximate surface area is 156 Å². The molecule has 1 aromatic carbocycles. The first kappa shape index (κ1) is 18.8. The number of halogens is 1. The van der Waals surface area contributed by atoms with Gasteiger partial charge in [0.1, 0.15) is 17.9 Å². The summed E-state index contributed by atoms with van der Waals surface area (Å²) < 4.78 is 14.1. The lowest BCUT2D eigenvalue weighted by atomic mass is 10.2. The maximum Gasteiger partial charge on any atom is 0.263 e. The van der Waals surface area contributed by atoms with Gasteiger partial charge in [-0.15, -0.1) is 0 Å². The largest absolute Gasteiger partial charge is 0.352 e. The van der Waals surface area contributed by atoms with Crippen LogP contribution in [0, 0.1) is 11.7 Å². The summed E-state index contributed by atoms with van der Waals surface area (Å²) in [5.41, 5.74) is 0.153. The van der Waals surface area contributed by atoms with Gasteiger partial charge in [-0.25, -0.2) is 4.39 Å². The fourth-order valence-electron chi connectivity index (χ4n) is 2.88. The van der Waals surface area contributed by atoms with Crippen LogP contribution in [0.1, 0.15) is 35.7 Å². The molecule has 0 unspecified atom stereocenters. The monoisotopic (exact) mass is 371 g/mol. The molecule has 1 atom stereocenters. The van der Waals surface area contributed by atoms with Crippen LogP contribution in [0.15, 0.2) is 47.4 Å². The average molecular weight is 371 g/mol. The van der Waals surface area contributed by atoms with Crippen LogP contribution in [0.5, 0.6) is 0 Å². The molecule has 0 saturated heterocycles. The smallest absolute Gasteiger partial charge is 0.263 e. The number of aromatic nitrogens is 1. The summed E-state index contributed by atoms with van der Waals surface area (Å²) in [6.45, 7) is 2.00. The molecule has 1 aliphatic rings. The minimum atomic E-state index is -0.537. The maximum atomic E-state index is 12.9. The molecule has 7 heteroatoms. The zero-order chi connectivity index (χ0) is 19.4. The Morgan fingerprint density at radius 3 is 2.59 bits per heavy atom. The molecular formula is C20H22FN3O3. The topological polar surface area (TPSA) is 80.2 Å². The van der Waals surface area contributed by atoms with Gasteiger partial charge in [-0.3, -0.25) is 14.4 Å². The van der Waals surface area contributed by atoms with Gasteiger partial charge in [0, 0.05) is 18.8 Å². The number of benzene rings is 1. The summed E-state index contributed by atoms with van der Waals surface area (Å²) in [4.78, 5) is 37.0. The molecule has 1 heterocycles. The minimum Gasteiger partial charge on any atom is -0.352 e. The number of hydrogen-bond donors (Lipinski definition) is 2. The van der Waals surface area contributed by atoms with Crippen molar-refractivity contribution in [3.8, 4) is 0 Å². The molecule has 27 heavy (non-hydrogen) atoms. The summed E-state index contributed by atoms with van der Waals surface area (Å²) in [5.74, 6) is -0.620. The lowest BCUT2D eigenvalue weighted by Gasteiger charge is -2.14. The maximum absolute atomic E-state index is 12.9. The third kappa shape index (κ3) is 5.03. The van der Waals surface area contributed by atoms with E-state index in [1.165, 1.54) is 29.0 Å². The molecular weight excluding hydrogens is 349 g/mol. The van der Waals surface area contributed by atoms with Crippen LogP contribution in [0.3, 0.4) is 0 Å². The van der Waals surface area contributed by atoms with E-state index < -0.39 is 11.5 Å². The molecule has 1 aliphatic carbocycles. The Morgan fingerprint density at radius 1 is 1.22 bits per heavy atom. The van der Waals surface area contributed by atoms with Gasteiger partial charge in [0.25, 0.3) is 11.5 Å². The molecule has 0 bridgehead atoms. The van der Waals surface area contributed by atoms with Crippen LogP contribution in [-0.2, 0) is 17.9 Å². The van der Waals surface area contributed by atoms with Crippen molar-refractivity contribution in [2.45, 2.75) is 38.9 Å². The highest BCUT2D eigenvalue weighted by atomic mass is 19.1. The highest BCUT2D eigenvalue weighted by molar-refractivity contribution is 5.93. The van der Waals surface area contributed by atoms with Gasteiger partial charge in [-0.05, 0) is 55.5 Å². The molecule has 142 valence electrons. The molecule has 0 radical (unpaired) electrons. The second kappa shape index (κ2) is 8.16. The Morgan fingerprint density at radius 2 is 1.93 bits per heavy atom. The van der Waals surface area contributed by atoms with Gasteiger partial charge in [-0.1, -0.05) is 12.1 Å². The third-order valence-corrected chi connectivity index (χ3v) is 4.66. The van der Waals surface area contributed by atoms with E-state index in [0.717, 1.165) is 18.4 Å². The van der Waals surface area contributed by atoms with Crippen LogP contribution in [-0.4, -0.2) is 22.4 Å². The van der Waals surface area contributed by atoms with E-state index >= 15 is 0 Å². The van der Waals surface area contributed by atoms with Gasteiger partial charge in [-0.2, -0.15) is 0 Å². The lowest BCUT2D eigenvalue weighted by molar-refractivity contribution is -0.122. The highest BCUT2D eigenvalue weighted by Crippen LogP contribution is 2.32. The van der Waals surface area contributed by atoms with Crippen LogP contribution in [0.25, 0.3) is 0 Å². The molecule has 2 aromatic rings. The number of amides is 2. The molecule has 2 amide bonds. The molecule has 0 spiro atoms. The quantitative estimate of drug-likeness (QED) is 0.779. The van der Waals surface area contributed by atoms with E-state index in [-0.39, 0.29) is 36.4 Å². The third-order valence-electron chi connectivity index (χ3n) is 4.66. The van der Waals surface area contributed by atoms with Crippen LogP contribution >= 0.6 is 0 Å². The molecule has 2 N–H and O–H groups in total. The second-order valence-electron chi connectivity index (χ2n) is 6.86. The number of carbonyl (C=O) groups is 2. The summed E-state index contributed by atoms with van der Waals surface area (Å²) >= 11 is 0. The van der Waals surface area contributed by atoms with Crippen LogP contribution < -0.4 is 16.2 Å². The number of hydrogen-bond acceptors (Lipinski definition) is 3. The SMILES string of the molecule is C[C@H](NC(=O)Cn1cccc(C(=O)NCc2ccc(F)cc2)c1=O)C1CC1. The van der Waals surface area contributed by atoms with Crippen LogP contribution in [0.2, 0.25) is 0 Å². The van der Waals surface area contributed by atoms with Crippen molar-refractivity contribution in [3.05, 3.63) is 69.9 Å². The number of nitrogens with one attached hydrogen (secondary N) is 2. The minimum absolute atomic E-state index is 0.0392. The first-order valence-corrected chi connectivity index (χ1v) is 8.95. The fourth-order valence-corrected chi connectivity index (χ4v) is 2.88. The molecule has 6 nitrogen and oxygen atoms in total. The predicted molar refractivity (Wildman–Crippen MR) is 98.6 cm³/mol. The number of rotatable bonds is 7. The van der Waals surface area contributed by atoms with E-state index in [1.807, 2.05) is 6.92 Å². The van der Waals surface area contributed by atoms with Crippen molar-refractivity contribution in [1.82, 2.24) is 15.2 Å². The first-order chi connectivity index (χ1) is 12.9. The van der Waals surface area contributed by atoms with E-state index in [1.54, 1.807) is 18.2 Å². The summed E-state index contributed by atoms with van der Waals surface area (Å²) in [6, 6.07) is 8.80. The Bertz CT molecular complexity index is 888. The van der Waals surface area contributed by atoms with Crippen molar-refractivity contribution < 1.29 is 14.0 Å². The zero-order valence-corrected chi connectivity index (χ0v) is 15.1. The van der Waals surface area contributed by atoms with E-state index in [4.69, 9.17) is 0 Å². The first-order valence-electron chi connectivity index (χ1n) is 8.95. The molecule has 0 aliphatic heterocycles. The summed E-state index contributed by atoms with van der Waals surface area (Å²) in [5, 5.41) is 5.52. The number of carbonyl (C=O) groups excluding carboxylic acids is 2.